The molecule has 1 atom stereocenters. The number of rotatable bonds is 5. The van der Waals surface area contributed by atoms with Crippen LogP contribution in [-0.2, 0) is 4.79 Å². The number of anilines is 1. The van der Waals surface area contributed by atoms with Gasteiger partial charge in [0.2, 0.25) is 5.91 Å². The Morgan fingerprint density at radius 1 is 1.33 bits per heavy atom. The molecule has 0 bridgehead atoms. The van der Waals surface area contributed by atoms with Crippen LogP contribution in [0.1, 0.15) is 26.7 Å². The van der Waals surface area contributed by atoms with Crippen LogP contribution in [0.4, 0.5) is 5.69 Å². The minimum Gasteiger partial charge on any atom is -0.328 e. The minimum absolute atomic E-state index is 0.183. The molecule has 1 saturated heterocycles. The first kappa shape index (κ1) is 16.0. The highest BCUT2D eigenvalue weighted by atomic mass is 16.2. The summed E-state index contributed by atoms with van der Waals surface area (Å²) in [4.78, 5) is 16.6. The summed E-state index contributed by atoms with van der Waals surface area (Å²) in [5.41, 5.74) is 6.95. The maximum absolute atomic E-state index is 12.5. The van der Waals surface area contributed by atoms with E-state index in [2.05, 4.69) is 11.8 Å². The SMILES string of the molecule is CCN(C(=O)CN1CCC(C(C)N)CC1)c1ccccc1. The van der Waals surface area contributed by atoms with Crippen LogP contribution in [-0.4, -0.2) is 43.0 Å². The standard InChI is InChI=1S/C17H27N3O/c1-3-20(16-7-5-4-6-8-16)17(21)13-19-11-9-15(10-12-19)14(2)18/h4-8,14-15H,3,9-13,18H2,1-2H3. The molecule has 4 heteroatoms. The van der Waals surface area contributed by atoms with E-state index in [-0.39, 0.29) is 11.9 Å². The second-order valence-corrected chi connectivity index (χ2v) is 5.95. The van der Waals surface area contributed by atoms with Crippen molar-refractivity contribution >= 4 is 11.6 Å². The highest BCUT2D eigenvalue weighted by Crippen LogP contribution is 2.20. The molecular weight excluding hydrogens is 262 g/mol. The number of carbonyl (C=O) groups excluding carboxylic acids is 1. The first-order chi connectivity index (χ1) is 10.1. The quantitative estimate of drug-likeness (QED) is 0.903. The average molecular weight is 289 g/mol. The van der Waals surface area contributed by atoms with Gasteiger partial charge in [-0.25, -0.2) is 0 Å². The number of piperidine rings is 1. The monoisotopic (exact) mass is 289 g/mol. The van der Waals surface area contributed by atoms with Crippen LogP contribution in [0.25, 0.3) is 0 Å². The molecule has 1 aliphatic heterocycles. The maximum atomic E-state index is 12.5. The number of para-hydroxylation sites is 1. The molecule has 116 valence electrons. The summed E-state index contributed by atoms with van der Waals surface area (Å²) in [5.74, 6) is 0.788. The van der Waals surface area contributed by atoms with Crippen LogP contribution in [0.5, 0.6) is 0 Å². The Hall–Kier alpha value is -1.39. The smallest absolute Gasteiger partial charge is 0.241 e. The lowest BCUT2D eigenvalue weighted by molar-refractivity contribution is -0.120. The van der Waals surface area contributed by atoms with E-state index in [1.54, 1.807) is 0 Å². The van der Waals surface area contributed by atoms with Crippen LogP contribution in [0.2, 0.25) is 0 Å². The molecule has 0 radical (unpaired) electrons. The second kappa shape index (κ2) is 7.57. The maximum Gasteiger partial charge on any atom is 0.241 e. The van der Waals surface area contributed by atoms with Gasteiger partial charge in [0.05, 0.1) is 6.54 Å². The minimum atomic E-state index is 0.183. The van der Waals surface area contributed by atoms with Crippen LogP contribution < -0.4 is 10.6 Å². The predicted octanol–water partition coefficient (Wildman–Crippen LogP) is 2.10. The van der Waals surface area contributed by atoms with Crippen molar-refractivity contribution in [2.24, 2.45) is 11.7 Å². The summed E-state index contributed by atoms with van der Waals surface area (Å²) in [7, 11) is 0. The number of carbonyl (C=O) groups is 1. The van der Waals surface area contributed by atoms with E-state index < -0.39 is 0 Å². The van der Waals surface area contributed by atoms with Crippen LogP contribution in [0.3, 0.4) is 0 Å². The molecule has 1 aromatic rings. The number of benzene rings is 1. The Labute approximate surface area is 127 Å². The zero-order valence-corrected chi connectivity index (χ0v) is 13.2. The van der Waals surface area contributed by atoms with Gasteiger partial charge < -0.3 is 10.6 Å². The number of likely N-dealkylation sites (tertiary alicyclic amines) is 1. The van der Waals surface area contributed by atoms with Gasteiger partial charge in [-0.3, -0.25) is 9.69 Å². The zero-order valence-electron chi connectivity index (χ0n) is 13.2. The number of nitrogens with zero attached hydrogens (tertiary/aromatic N) is 2. The molecule has 0 aromatic heterocycles. The highest BCUT2D eigenvalue weighted by Gasteiger charge is 2.24. The van der Waals surface area contributed by atoms with Crippen LogP contribution in [0.15, 0.2) is 30.3 Å². The lowest BCUT2D eigenvalue weighted by Gasteiger charge is -2.34. The number of hydrogen-bond acceptors (Lipinski definition) is 3. The van der Waals surface area contributed by atoms with E-state index in [0.29, 0.717) is 19.0 Å². The van der Waals surface area contributed by atoms with Crippen molar-refractivity contribution in [3.63, 3.8) is 0 Å². The predicted molar refractivity (Wildman–Crippen MR) is 87.3 cm³/mol. The van der Waals surface area contributed by atoms with Gasteiger partial charge in [-0.05, 0) is 57.8 Å². The van der Waals surface area contributed by atoms with E-state index in [1.165, 1.54) is 0 Å². The van der Waals surface area contributed by atoms with E-state index in [1.807, 2.05) is 42.2 Å². The Morgan fingerprint density at radius 2 is 1.95 bits per heavy atom. The molecule has 1 amide bonds. The lowest BCUT2D eigenvalue weighted by atomic mass is 9.91. The number of hydrogen-bond donors (Lipinski definition) is 1. The van der Waals surface area contributed by atoms with Crippen LogP contribution in [0, 0.1) is 5.92 Å². The van der Waals surface area contributed by atoms with E-state index in [0.717, 1.165) is 31.6 Å². The van der Waals surface area contributed by atoms with Gasteiger partial charge >= 0.3 is 0 Å². The number of nitrogens with two attached hydrogens (primary N) is 1. The molecule has 2 rings (SSSR count). The van der Waals surface area contributed by atoms with Gasteiger partial charge in [0.15, 0.2) is 0 Å². The number of likely N-dealkylation sites (N-methyl/N-ethyl adjacent to an activating group) is 1. The normalized spacial score (nSPS) is 18.4. The van der Waals surface area contributed by atoms with Crippen molar-refractivity contribution in [3.8, 4) is 0 Å². The molecule has 0 spiro atoms. The fraction of sp³-hybridized carbons (Fsp3) is 0.588. The van der Waals surface area contributed by atoms with E-state index in [4.69, 9.17) is 5.73 Å². The fourth-order valence-electron chi connectivity index (χ4n) is 3.02. The topological polar surface area (TPSA) is 49.6 Å². The largest absolute Gasteiger partial charge is 0.328 e. The summed E-state index contributed by atoms with van der Waals surface area (Å²) in [5, 5.41) is 0. The first-order valence-corrected chi connectivity index (χ1v) is 7.95. The van der Waals surface area contributed by atoms with Crippen LogP contribution >= 0.6 is 0 Å². The van der Waals surface area contributed by atoms with Gasteiger partial charge in [-0.1, -0.05) is 18.2 Å². The van der Waals surface area contributed by atoms with Crippen molar-refractivity contribution in [2.75, 3.05) is 31.1 Å². The average Bonchev–Trinajstić information content (AvgIpc) is 2.49. The summed E-state index contributed by atoms with van der Waals surface area (Å²) in [6.07, 6.45) is 2.20. The van der Waals surface area contributed by atoms with E-state index >= 15 is 0 Å². The van der Waals surface area contributed by atoms with Crippen molar-refractivity contribution < 1.29 is 4.79 Å². The molecule has 1 aromatic carbocycles. The molecular formula is C17H27N3O. The van der Waals surface area contributed by atoms with Crippen molar-refractivity contribution in [3.05, 3.63) is 30.3 Å². The number of amides is 1. The molecule has 1 aliphatic rings. The third-order valence-electron chi connectivity index (χ3n) is 4.42. The van der Waals surface area contributed by atoms with Gasteiger partial charge in [-0.2, -0.15) is 0 Å². The Morgan fingerprint density at radius 3 is 2.48 bits per heavy atom. The zero-order chi connectivity index (χ0) is 15.2. The van der Waals surface area contributed by atoms with Crippen molar-refractivity contribution in [2.45, 2.75) is 32.7 Å². The Balaban J connectivity index is 1.89. The summed E-state index contributed by atoms with van der Waals surface area (Å²) in [6, 6.07) is 10.2. The highest BCUT2D eigenvalue weighted by molar-refractivity contribution is 5.94. The van der Waals surface area contributed by atoms with Crippen molar-refractivity contribution in [1.29, 1.82) is 0 Å². The molecule has 1 heterocycles. The molecule has 1 unspecified atom stereocenters. The fourth-order valence-corrected chi connectivity index (χ4v) is 3.02. The lowest BCUT2D eigenvalue weighted by Crippen LogP contribution is -2.45. The van der Waals surface area contributed by atoms with E-state index in [9.17, 15) is 4.79 Å². The third-order valence-corrected chi connectivity index (χ3v) is 4.42. The molecule has 1 fully saturated rings. The summed E-state index contributed by atoms with van der Waals surface area (Å²) in [6.45, 7) is 7.27. The second-order valence-electron chi connectivity index (χ2n) is 5.95. The third kappa shape index (κ3) is 4.29. The van der Waals surface area contributed by atoms with Gasteiger partial charge in [0.25, 0.3) is 0 Å². The van der Waals surface area contributed by atoms with Gasteiger partial charge in [-0.15, -0.1) is 0 Å². The molecule has 4 nitrogen and oxygen atoms in total. The summed E-state index contributed by atoms with van der Waals surface area (Å²) >= 11 is 0. The Bertz CT molecular complexity index is 439. The molecule has 0 aliphatic carbocycles. The molecule has 2 N–H and O–H groups in total. The molecule has 21 heavy (non-hydrogen) atoms. The van der Waals surface area contributed by atoms with Crippen molar-refractivity contribution in [1.82, 2.24) is 4.90 Å². The summed E-state index contributed by atoms with van der Waals surface area (Å²) < 4.78 is 0. The molecule has 0 saturated carbocycles. The van der Waals surface area contributed by atoms with Gasteiger partial charge in [0, 0.05) is 18.3 Å². The Kier molecular flexibility index (Phi) is 5.76. The van der Waals surface area contributed by atoms with Gasteiger partial charge in [0.1, 0.15) is 0 Å². The first-order valence-electron chi connectivity index (χ1n) is 7.95.